The quantitative estimate of drug-likeness (QED) is 0.430. The van der Waals surface area contributed by atoms with Crippen molar-refractivity contribution >= 4 is 23.4 Å². The van der Waals surface area contributed by atoms with Gasteiger partial charge in [0.15, 0.2) is 5.82 Å². The summed E-state index contributed by atoms with van der Waals surface area (Å²) >= 11 is 7.41. The third kappa shape index (κ3) is 4.94. The molecular weight excluding hydrogens is 394 g/mol. The number of aromatic nitrogens is 5. The van der Waals surface area contributed by atoms with E-state index in [1.165, 1.54) is 17.3 Å². The molecule has 142 valence electrons. The predicted octanol–water partition coefficient (Wildman–Crippen LogP) is 4.57. The van der Waals surface area contributed by atoms with Crippen LogP contribution in [-0.2, 0) is 18.9 Å². The number of nitrogens with zero attached hydrogens (tertiary/aromatic N) is 4. The van der Waals surface area contributed by atoms with Crippen molar-refractivity contribution in [1.82, 2.24) is 24.7 Å². The highest BCUT2D eigenvalue weighted by Crippen LogP contribution is 2.20. The lowest BCUT2D eigenvalue weighted by Crippen LogP contribution is -2.03. The van der Waals surface area contributed by atoms with Gasteiger partial charge < -0.3 is 9.30 Å². The number of ether oxygens (including phenoxy) is 1. The van der Waals surface area contributed by atoms with Crippen LogP contribution < -0.4 is 4.74 Å². The second kappa shape index (κ2) is 8.95. The Labute approximate surface area is 171 Å². The van der Waals surface area contributed by atoms with Gasteiger partial charge in [-0.1, -0.05) is 53.7 Å². The van der Waals surface area contributed by atoms with E-state index in [-0.39, 0.29) is 0 Å². The number of hydrogen-bond acceptors (Lipinski definition) is 5. The van der Waals surface area contributed by atoms with E-state index < -0.39 is 0 Å². The molecule has 2 aromatic carbocycles. The summed E-state index contributed by atoms with van der Waals surface area (Å²) in [5.41, 5.74) is 1.24. The van der Waals surface area contributed by atoms with Gasteiger partial charge in [0.1, 0.15) is 18.2 Å². The second-order valence-corrected chi connectivity index (χ2v) is 7.43. The molecule has 0 atom stereocenters. The minimum atomic E-state index is 0.317. The van der Waals surface area contributed by atoms with Crippen molar-refractivity contribution in [3.05, 3.63) is 89.2 Å². The number of nitrogens with one attached hydrogen (secondary N) is 1. The summed E-state index contributed by atoms with van der Waals surface area (Å²) in [6.45, 7) is 1.11. The minimum absolute atomic E-state index is 0.317. The number of aromatic amines is 1. The lowest BCUT2D eigenvalue weighted by atomic mass is 10.2. The molecule has 28 heavy (non-hydrogen) atoms. The molecule has 2 heterocycles. The Hall–Kier alpha value is -2.77. The summed E-state index contributed by atoms with van der Waals surface area (Å²) < 4.78 is 7.82. The molecule has 2 aromatic heterocycles. The zero-order valence-corrected chi connectivity index (χ0v) is 16.5. The topological polar surface area (TPSA) is 68.6 Å². The van der Waals surface area contributed by atoms with Crippen molar-refractivity contribution in [2.75, 3.05) is 0 Å². The molecule has 0 amide bonds. The molecule has 0 unspecified atom stereocenters. The van der Waals surface area contributed by atoms with E-state index in [4.69, 9.17) is 16.3 Å². The number of benzene rings is 2. The molecule has 0 saturated heterocycles. The SMILES string of the molecule is Clc1ccc(OCc2nc(SCc3nccn3Cc3ccccc3)n[nH]2)cc1. The molecule has 0 aliphatic heterocycles. The van der Waals surface area contributed by atoms with Gasteiger partial charge in [0.05, 0.1) is 5.75 Å². The molecule has 0 spiro atoms. The Bertz CT molecular complexity index is 1020. The van der Waals surface area contributed by atoms with Crippen molar-refractivity contribution in [2.45, 2.75) is 24.1 Å². The number of thioether (sulfide) groups is 1. The smallest absolute Gasteiger partial charge is 0.208 e. The van der Waals surface area contributed by atoms with Gasteiger partial charge in [-0.15, -0.1) is 5.10 Å². The summed E-state index contributed by atoms with van der Waals surface area (Å²) in [5, 5.41) is 8.50. The molecule has 0 saturated carbocycles. The van der Waals surface area contributed by atoms with Crippen molar-refractivity contribution in [1.29, 1.82) is 0 Å². The van der Waals surface area contributed by atoms with E-state index in [9.17, 15) is 0 Å². The van der Waals surface area contributed by atoms with Crippen LogP contribution in [0.4, 0.5) is 0 Å². The van der Waals surface area contributed by atoms with Gasteiger partial charge in [0.2, 0.25) is 5.16 Å². The molecule has 0 aliphatic carbocycles. The van der Waals surface area contributed by atoms with Crippen LogP contribution in [0.15, 0.2) is 72.1 Å². The first-order valence-corrected chi connectivity index (χ1v) is 10.1. The van der Waals surface area contributed by atoms with Crippen LogP contribution in [0.2, 0.25) is 5.02 Å². The fourth-order valence-corrected chi connectivity index (χ4v) is 3.53. The molecule has 0 aliphatic rings. The molecule has 4 rings (SSSR count). The number of hydrogen-bond donors (Lipinski definition) is 1. The summed E-state index contributed by atoms with van der Waals surface area (Å²) in [6.07, 6.45) is 3.81. The highest BCUT2D eigenvalue weighted by Gasteiger charge is 2.09. The average molecular weight is 412 g/mol. The summed E-state index contributed by atoms with van der Waals surface area (Å²) in [5.74, 6) is 3.08. The summed E-state index contributed by atoms with van der Waals surface area (Å²) in [7, 11) is 0. The maximum Gasteiger partial charge on any atom is 0.208 e. The number of H-pyrrole nitrogens is 1. The van der Waals surface area contributed by atoms with E-state index in [1.54, 1.807) is 12.1 Å². The Morgan fingerprint density at radius 2 is 1.89 bits per heavy atom. The number of imidazole rings is 1. The third-order valence-corrected chi connectivity index (χ3v) is 5.12. The Morgan fingerprint density at radius 3 is 2.71 bits per heavy atom. The van der Waals surface area contributed by atoms with Crippen LogP contribution in [0.5, 0.6) is 5.75 Å². The largest absolute Gasteiger partial charge is 0.486 e. The van der Waals surface area contributed by atoms with Crippen LogP contribution in [0.25, 0.3) is 0 Å². The Morgan fingerprint density at radius 1 is 1.07 bits per heavy atom. The van der Waals surface area contributed by atoms with E-state index in [0.29, 0.717) is 28.4 Å². The molecule has 4 aromatic rings. The highest BCUT2D eigenvalue weighted by atomic mass is 35.5. The first-order valence-electron chi connectivity index (χ1n) is 8.72. The summed E-state index contributed by atoms with van der Waals surface area (Å²) in [4.78, 5) is 8.92. The van der Waals surface area contributed by atoms with Gasteiger partial charge >= 0.3 is 0 Å². The van der Waals surface area contributed by atoms with Crippen LogP contribution in [-0.4, -0.2) is 24.7 Å². The van der Waals surface area contributed by atoms with Gasteiger partial charge in [-0.25, -0.2) is 9.97 Å². The van der Waals surface area contributed by atoms with E-state index in [2.05, 4.69) is 36.9 Å². The fraction of sp³-hybridized carbons (Fsp3) is 0.150. The maximum atomic E-state index is 5.87. The van der Waals surface area contributed by atoms with Crippen molar-refractivity contribution in [3.63, 3.8) is 0 Å². The molecule has 1 N–H and O–H groups in total. The highest BCUT2D eigenvalue weighted by molar-refractivity contribution is 7.98. The Kier molecular flexibility index (Phi) is 5.94. The van der Waals surface area contributed by atoms with Gasteiger partial charge in [-0.2, -0.15) is 0 Å². The first kappa shape index (κ1) is 18.6. The normalized spacial score (nSPS) is 10.9. The zero-order chi connectivity index (χ0) is 19.2. The number of halogens is 1. The number of rotatable bonds is 8. The predicted molar refractivity (Wildman–Crippen MR) is 109 cm³/mol. The monoisotopic (exact) mass is 411 g/mol. The average Bonchev–Trinajstić information content (AvgIpc) is 3.36. The van der Waals surface area contributed by atoms with E-state index in [1.807, 2.05) is 42.7 Å². The maximum absolute atomic E-state index is 5.87. The van der Waals surface area contributed by atoms with Crippen molar-refractivity contribution < 1.29 is 4.74 Å². The lowest BCUT2D eigenvalue weighted by Gasteiger charge is -2.07. The van der Waals surface area contributed by atoms with Crippen LogP contribution in [0.3, 0.4) is 0 Å². The van der Waals surface area contributed by atoms with Crippen LogP contribution >= 0.6 is 23.4 Å². The van der Waals surface area contributed by atoms with Crippen molar-refractivity contribution in [2.24, 2.45) is 0 Å². The fourth-order valence-electron chi connectivity index (χ4n) is 2.62. The third-order valence-electron chi connectivity index (χ3n) is 4.03. The lowest BCUT2D eigenvalue weighted by molar-refractivity contribution is 0.296. The van der Waals surface area contributed by atoms with Gasteiger partial charge in [0, 0.05) is 24.0 Å². The zero-order valence-electron chi connectivity index (χ0n) is 15.0. The van der Waals surface area contributed by atoms with E-state index >= 15 is 0 Å². The second-order valence-electron chi connectivity index (χ2n) is 6.05. The standard InChI is InChI=1S/C20H18ClN5OS/c21-16-6-8-17(9-7-16)27-13-18-23-20(25-24-18)28-14-19-22-10-11-26(19)12-15-4-2-1-3-5-15/h1-11H,12-14H2,(H,23,24,25). The molecule has 0 fully saturated rings. The molecular formula is C20H18ClN5OS. The Balaban J connectivity index is 1.31. The van der Waals surface area contributed by atoms with Crippen LogP contribution in [0, 0.1) is 0 Å². The molecule has 8 heteroatoms. The van der Waals surface area contributed by atoms with E-state index in [0.717, 1.165) is 18.1 Å². The van der Waals surface area contributed by atoms with Crippen molar-refractivity contribution in [3.8, 4) is 5.75 Å². The first-order chi connectivity index (χ1) is 13.8. The van der Waals surface area contributed by atoms with Crippen LogP contribution in [0.1, 0.15) is 17.2 Å². The van der Waals surface area contributed by atoms with Gasteiger partial charge in [-0.3, -0.25) is 5.10 Å². The molecule has 0 bridgehead atoms. The van der Waals surface area contributed by atoms with Gasteiger partial charge in [-0.05, 0) is 29.8 Å². The van der Waals surface area contributed by atoms with Gasteiger partial charge in [0.25, 0.3) is 0 Å². The minimum Gasteiger partial charge on any atom is -0.486 e. The molecule has 0 radical (unpaired) electrons. The summed E-state index contributed by atoms with van der Waals surface area (Å²) in [6, 6.07) is 17.5. The molecule has 6 nitrogen and oxygen atoms in total.